The monoisotopic (exact) mass is 306 g/mol. The normalized spacial score (nSPS) is 11.3. The highest BCUT2D eigenvalue weighted by molar-refractivity contribution is 9.10. The van der Waals surface area contributed by atoms with E-state index in [9.17, 15) is 4.79 Å². The average Bonchev–Trinajstić information content (AvgIpc) is 2.89. The topological polar surface area (TPSA) is 54.6 Å². The molecule has 0 spiro atoms. The first-order chi connectivity index (χ1) is 8.66. The summed E-state index contributed by atoms with van der Waals surface area (Å²) < 4.78 is 6.01. The summed E-state index contributed by atoms with van der Waals surface area (Å²) in [7, 11) is 0. The zero-order valence-electron chi connectivity index (χ0n) is 9.68. The number of hydrazone groups is 1. The molecule has 0 aliphatic carbocycles. The van der Waals surface area contributed by atoms with E-state index in [2.05, 4.69) is 26.5 Å². The number of carbonyl (C=O) groups excluding carboxylic acids is 1. The van der Waals surface area contributed by atoms with E-state index >= 15 is 0 Å². The fourth-order valence-electron chi connectivity index (χ4n) is 1.37. The number of hydrogen-bond acceptors (Lipinski definition) is 3. The molecule has 1 N–H and O–H groups in total. The number of nitrogens with one attached hydrogen (secondary N) is 1. The summed E-state index contributed by atoms with van der Waals surface area (Å²) in [6.45, 7) is 1.76. The summed E-state index contributed by atoms with van der Waals surface area (Å²) in [5.74, 6) is 0.367. The Kier molecular flexibility index (Phi) is 3.94. The summed E-state index contributed by atoms with van der Waals surface area (Å²) in [6.07, 6.45) is 1.56. The van der Waals surface area contributed by atoms with Gasteiger partial charge in [0.2, 0.25) is 0 Å². The number of nitrogens with zero attached hydrogens (tertiary/aromatic N) is 1. The summed E-state index contributed by atoms with van der Waals surface area (Å²) in [5.41, 5.74) is 3.64. The Labute approximate surface area is 113 Å². The van der Waals surface area contributed by atoms with Crippen LogP contribution >= 0.6 is 15.9 Å². The molecular weight excluding hydrogens is 296 g/mol. The third-order valence-corrected chi connectivity index (χ3v) is 2.78. The van der Waals surface area contributed by atoms with Crippen molar-refractivity contribution in [2.75, 3.05) is 0 Å². The third-order valence-electron chi connectivity index (χ3n) is 2.29. The summed E-state index contributed by atoms with van der Waals surface area (Å²) in [5, 5.41) is 3.98. The van der Waals surface area contributed by atoms with Crippen molar-refractivity contribution in [2.24, 2.45) is 5.10 Å². The highest BCUT2D eigenvalue weighted by Gasteiger charge is 2.05. The van der Waals surface area contributed by atoms with Gasteiger partial charge in [-0.25, -0.2) is 5.43 Å². The molecule has 1 heterocycles. The smallest absolute Gasteiger partial charge is 0.271 e. The lowest BCUT2D eigenvalue weighted by molar-refractivity contribution is 0.0954. The minimum Gasteiger partial charge on any atom is -0.463 e. The molecule has 2 aromatic rings. The molecule has 0 saturated carbocycles. The van der Waals surface area contributed by atoms with Gasteiger partial charge in [0, 0.05) is 10.0 Å². The van der Waals surface area contributed by atoms with Crippen molar-refractivity contribution >= 4 is 27.5 Å². The lowest BCUT2D eigenvalue weighted by atomic mass is 10.2. The van der Waals surface area contributed by atoms with Gasteiger partial charge >= 0.3 is 0 Å². The third kappa shape index (κ3) is 3.07. The molecule has 1 aromatic carbocycles. The number of halogens is 1. The summed E-state index contributed by atoms with van der Waals surface area (Å²) >= 11 is 3.31. The molecule has 92 valence electrons. The van der Waals surface area contributed by atoms with Crippen molar-refractivity contribution < 1.29 is 9.21 Å². The molecule has 18 heavy (non-hydrogen) atoms. The molecule has 0 unspecified atom stereocenters. The first-order valence-electron chi connectivity index (χ1n) is 5.31. The Hall–Kier alpha value is -1.88. The van der Waals surface area contributed by atoms with Gasteiger partial charge in [0.15, 0.2) is 0 Å². The van der Waals surface area contributed by atoms with Crippen LogP contribution in [-0.4, -0.2) is 11.6 Å². The van der Waals surface area contributed by atoms with Gasteiger partial charge in [-0.15, -0.1) is 0 Å². The Bertz CT molecular complexity index is 576. The zero-order valence-corrected chi connectivity index (χ0v) is 11.3. The summed E-state index contributed by atoms with van der Waals surface area (Å²) in [4.78, 5) is 11.8. The van der Waals surface area contributed by atoms with E-state index in [-0.39, 0.29) is 5.91 Å². The first-order valence-corrected chi connectivity index (χ1v) is 6.10. The SMILES string of the molecule is CC(=NNC(=O)c1cccc(Br)c1)c1ccco1. The number of hydrogen-bond donors (Lipinski definition) is 1. The van der Waals surface area contributed by atoms with Gasteiger partial charge in [-0.1, -0.05) is 22.0 Å². The molecule has 0 aliphatic rings. The predicted octanol–water partition coefficient (Wildman–Crippen LogP) is 3.20. The van der Waals surface area contributed by atoms with Crippen molar-refractivity contribution in [1.82, 2.24) is 5.43 Å². The highest BCUT2D eigenvalue weighted by atomic mass is 79.9. The second-order valence-corrected chi connectivity index (χ2v) is 4.54. The fraction of sp³-hybridized carbons (Fsp3) is 0.0769. The maximum atomic E-state index is 11.8. The van der Waals surface area contributed by atoms with E-state index in [0.29, 0.717) is 17.0 Å². The van der Waals surface area contributed by atoms with Gasteiger partial charge in [0.05, 0.1) is 6.26 Å². The van der Waals surface area contributed by atoms with Gasteiger partial charge in [0.25, 0.3) is 5.91 Å². The number of rotatable bonds is 3. The van der Waals surface area contributed by atoms with Crippen LogP contribution in [0.4, 0.5) is 0 Å². The minimum absolute atomic E-state index is 0.262. The van der Waals surface area contributed by atoms with Crippen LogP contribution in [-0.2, 0) is 0 Å². The Morgan fingerprint density at radius 1 is 1.33 bits per heavy atom. The van der Waals surface area contributed by atoms with Crippen LogP contribution in [0, 0.1) is 0 Å². The quantitative estimate of drug-likeness (QED) is 0.699. The van der Waals surface area contributed by atoms with Crippen molar-refractivity contribution in [3.8, 4) is 0 Å². The Morgan fingerprint density at radius 3 is 2.83 bits per heavy atom. The highest BCUT2D eigenvalue weighted by Crippen LogP contribution is 2.11. The maximum absolute atomic E-state index is 11.8. The second-order valence-electron chi connectivity index (χ2n) is 3.63. The van der Waals surface area contributed by atoms with Crippen LogP contribution in [0.25, 0.3) is 0 Å². The number of carbonyl (C=O) groups is 1. The van der Waals surface area contributed by atoms with E-state index in [0.717, 1.165) is 4.47 Å². The van der Waals surface area contributed by atoms with Gasteiger partial charge < -0.3 is 4.42 Å². The van der Waals surface area contributed by atoms with Crippen molar-refractivity contribution in [3.05, 3.63) is 58.5 Å². The molecule has 5 heteroatoms. The van der Waals surface area contributed by atoms with Gasteiger partial charge in [-0.05, 0) is 37.3 Å². The molecule has 0 fully saturated rings. The molecule has 0 aliphatic heterocycles. The molecule has 0 bridgehead atoms. The van der Waals surface area contributed by atoms with Gasteiger partial charge in [0.1, 0.15) is 11.5 Å². The molecule has 0 atom stereocenters. The van der Waals surface area contributed by atoms with Crippen LogP contribution in [0.15, 0.2) is 56.7 Å². The van der Waals surface area contributed by atoms with Crippen LogP contribution in [0.3, 0.4) is 0 Å². The number of amides is 1. The molecule has 2 rings (SSSR count). The van der Waals surface area contributed by atoms with E-state index in [1.54, 1.807) is 43.5 Å². The lowest BCUT2D eigenvalue weighted by Gasteiger charge is -2.01. The van der Waals surface area contributed by atoms with Crippen molar-refractivity contribution in [1.29, 1.82) is 0 Å². The molecule has 0 saturated heterocycles. The van der Waals surface area contributed by atoms with Gasteiger partial charge in [-0.2, -0.15) is 5.10 Å². The number of furan rings is 1. The van der Waals surface area contributed by atoms with Crippen molar-refractivity contribution in [2.45, 2.75) is 6.92 Å². The zero-order chi connectivity index (χ0) is 13.0. The van der Waals surface area contributed by atoms with E-state index in [1.807, 2.05) is 6.07 Å². The minimum atomic E-state index is -0.262. The molecular formula is C13H11BrN2O2. The Balaban J connectivity index is 2.07. The molecule has 1 aromatic heterocycles. The van der Waals surface area contributed by atoms with Crippen LogP contribution in [0.5, 0.6) is 0 Å². The van der Waals surface area contributed by atoms with Crippen molar-refractivity contribution in [3.63, 3.8) is 0 Å². The average molecular weight is 307 g/mol. The number of benzene rings is 1. The lowest BCUT2D eigenvalue weighted by Crippen LogP contribution is -2.19. The molecule has 4 nitrogen and oxygen atoms in total. The van der Waals surface area contributed by atoms with Crippen LogP contribution in [0.1, 0.15) is 23.0 Å². The van der Waals surface area contributed by atoms with E-state index in [4.69, 9.17) is 4.42 Å². The van der Waals surface area contributed by atoms with E-state index < -0.39 is 0 Å². The van der Waals surface area contributed by atoms with E-state index in [1.165, 1.54) is 0 Å². The van der Waals surface area contributed by atoms with Crippen LogP contribution < -0.4 is 5.43 Å². The summed E-state index contributed by atoms with van der Waals surface area (Å²) in [6, 6.07) is 10.6. The second kappa shape index (κ2) is 5.64. The van der Waals surface area contributed by atoms with Crippen LogP contribution in [0.2, 0.25) is 0 Å². The molecule has 1 amide bonds. The maximum Gasteiger partial charge on any atom is 0.271 e. The Morgan fingerprint density at radius 2 is 2.17 bits per heavy atom. The standard InChI is InChI=1S/C13H11BrN2O2/c1-9(12-6-3-7-18-12)15-16-13(17)10-4-2-5-11(14)8-10/h2-8H,1H3,(H,16,17). The largest absolute Gasteiger partial charge is 0.463 e. The van der Waals surface area contributed by atoms with Gasteiger partial charge in [-0.3, -0.25) is 4.79 Å². The fourth-order valence-corrected chi connectivity index (χ4v) is 1.77. The molecule has 0 radical (unpaired) electrons. The first kappa shape index (κ1) is 12.6. The predicted molar refractivity (Wildman–Crippen MR) is 72.5 cm³/mol.